The number of nitro groups is 1. The summed E-state index contributed by atoms with van der Waals surface area (Å²) in [5.41, 5.74) is -0.118. The van der Waals surface area contributed by atoms with E-state index in [1.54, 1.807) is 0 Å². The van der Waals surface area contributed by atoms with Gasteiger partial charge in [0.2, 0.25) is 10.0 Å². The molecular formula is C11H16ClN3O4S. The molecule has 0 radical (unpaired) electrons. The van der Waals surface area contributed by atoms with Crippen LogP contribution in [-0.4, -0.2) is 43.3 Å². The summed E-state index contributed by atoms with van der Waals surface area (Å²) in [5.74, 6) is 0. The van der Waals surface area contributed by atoms with Crippen molar-refractivity contribution in [2.45, 2.75) is 17.9 Å². The molecule has 1 aliphatic heterocycles. The van der Waals surface area contributed by atoms with E-state index in [4.69, 9.17) is 0 Å². The second-order valence-electron chi connectivity index (χ2n) is 4.42. The van der Waals surface area contributed by atoms with Gasteiger partial charge in [-0.05, 0) is 19.1 Å². The molecule has 1 N–H and O–H groups in total. The third kappa shape index (κ3) is 3.26. The lowest BCUT2D eigenvalue weighted by molar-refractivity contribution is -0.384. The van der Waals surface area contributed by atoms with Crippen LogP contribution in [0, 0.1) is 10.1 Å². The first-order valence-electron chi connectivity index (χ1n) is 5.90. The van der Waals surface area contributed by atoms with E-state index >= 15 is 0 Å². The molecule has 1 heterocycles. The van der Waals surface area contributed by atoms with E-state index in [1.807, 2.05) is 6.92 Å². The Bertz CT molecular complexity index is 576. The van der Waals surface area contributed by atoms with E-state index < -0.39 is 14.9 Å². The lowest BCUT2D eigenvalue weighted by atomic mass is 10.3. The second kappa shape index (κ2) is 6.49. The Morgan fingerprint density at radius 1 is 1.35 bits per heavy atom. The van der Waals surface area contributed by atoms with Gasteiger partial charge in [-0.25, -0.2) is 8.42 Å². The molecule has 0 unspecified atom stereocenters. The number of nitrogens with one attached hydrogen (secondary N) is 1. The molecule has 0 saturated carbocycles. The lowest BCUT2D eigenvalue weighted by Crippen LogP contribution is -2.52. The minimum Gasteiger partial charge on any atom is -0.314 e. The minimum absolute atomic E-state index is 0. The van der Waals surface area contributed by atoms with E-state index in [2.05, 4.69) is 5.32 Å². The number of sulfonamides is 1. The molecule has 0 aliphatic carbocycles. The first-order valence-corrected chi connectivity index (χ1v) is 7.34. The zero-order valence-corrected chi connectivity index (χ0v) is 12.5. The molecule has 9 heteroatoms. The van der Waals surface area contributed by atoms with Crippen molar-refractivity contribution < 1.29 is 13.3 Å². The molecular weight excluding hydrogens is 306 g/mol. The van der Waals surface area contributed by atoms with Gasteiger partial charge in [0.1, 0.15) is 0 Å². The molecule has 0 spiro atoms. The highest BCUT2D eigenvalue weighted by atomic mass is 35.5. The molecule has 1 aliphatic rings. The molecule has 20 heavy (non-hydrogen) atoms. The van der Waals surface area contributed by atoms with Crippen LogP contribution in [0.1, 0.15) is 6.92 Å². The van der Waals surface area contributed by atoms with Gasteiger partial charge < -0.3 is 5.32 Å². The zero-order chi connectivity index (χ0) is 14.0. The van der Waals surface area contributed by atoms with Crippen molar-refractivity contribution in [3.63, 3.8) is 0 Å². The van der Waals surface area contributed by atoms with E-state index in [-0.39, 0.29) is 29.0 Å². The Kier molecular flexibility index (Phi) is 5.46. The normalized spacial score (nSPS) is 20.1. The van der Waals surface area contributed by atoms with Crippen LogP contribution >= 0.6 is 12.4 Å². The molecule has 0 bridgehead atoms. The Morgan fingerprint density at radius 3 is 2.45 bits per heavy atom. The van der Waals surface area contributed by atoms with Crippen molar-refractivity contribution in [1.82, 2.24) is 9.62 Å². The number of hydrogen-bond donors (Lipinski definition) is 1. The summed E-state index contributed by atoms with van der Waals surface area (Å²) in [6.07, 6.45) is 0. The van der Waals surface area contributed by atoms with Crippen LogP contribution in [-0.2, 0) is 10.0 Å². The van der Waals surface area contributed by atoms with Gasteiger partial charge in [0.15, 0.2) is 0 Å². The highest BCUT2D eigenvalue weighted by Crippen LogP contribution is 2.21. The van der Waals surface area contributed by atoms with Gasteiger partial charge in [-0.15, -0.1) is 12.4 Å². The highest BCUT2D eigenvalue weighted by Gasteiger charge is 2.30. The van der Waals surface area contributed by atoms with Crippen molar-refractivity contribution in [3.05, 3.63) is 34.4 Å². The second-order valence-corrected chi connectivity index (χ2v) is 6.31. The fraction of sp³-hybridized carbons (Fsp3) is 0.455. The summed E-state index contributed by atoms with van der Waals surface area (Å²) in [7, 11) is -3.58. The number of non-ortho nitro benzene ring substituents is 1. The van der Waals surface area contributed by atoms with Gasteiger partial charge in [-0.3, -0.25) is 10.1 Å². The van der Waals surface area contributed by atoms with Crippen LogP contribution in [0.5, 0.6) is 0 Å². The van der Waals surface area contributed by atoms with Gasteiger partial charge in [0.25, 0.3) is 5.69 Å². The summed E-state index contributed by atoms with van der Waals surface area (Å²) >= 11 is 0. The molecule has 2 rings (SSSR count). The molecule has 0 amide bonds. The molecule has 1 aromatic rings. The largest absolute Gasteiger partial charge is 0.314 e. The summed E-state index contributed by atoms with van der Waals surface area (Å²) < 4.78 is 26.2. The van der Waals surface area contributed by atoms with Crippen molar-refractivity contribution in [1.29, 1.82) is 0 Å². The monoisotopic (exact) mass is 321 g/mol. The summed E-state index contributed by atoms with van der Waals surface area (Å²) in [6.45, 7) is 3.44. The maximum Gasteiger partial charge on any atom is 0.269 e. The predicted octanol–water partition coefficient (Wildman–Crippen LogP) is 0.999. The average molecular weight is 322 g/mol. The molecule has 1 atom stereocenters. The maximum absolute atomic E-state index is 12.4. The zero-order valence-electron chi connectivity index (χ0n) is 10.9. The van der Waals surface area contributed by atoms with Crippen LogP contribution in [0.2, 0.25) is 0 Å². The standard InChI is InChI=1S/C11H15N3O4S.ClH/c1-9-8-12-6-7-13(9)19(17,18)11-4-2-10(3-5-11)14(15)16;/h2-5,9,12H,6-8H2,1H3;1H/t9-;/m0./s1. The Balaban J connectivity index is 0.00000200. The van der Waals surface area contributed by atoms with Crippen LogP contribution in [0.15, 0.2) is 29.2 Å². The van der Waals surface area contributed by atoms with Crippen LogP contribution < -0.4 is 5.32 Å². The predicted molar refractivity (Wildman–Crippen MR) is 76.6 cm³/mol. The minimum atomic E-state index is -3.58. The molecule has 7 nitrogen and oxygen atoms in total. The van der Waals surface area contributed by atoms with Gasteiger partial charge in [-0.2, -0.15) is 4.31 Å². The van der Waals surface area contributed by atoms with Crippen molar-refractivity contribution >= 4 is 28.1 Å². The Hall–Kier alpha value is -1.22. The molecule has 112 valence electrons. The van der Waals surface area contributed by atoms with Gasteiger partial charge in [-0.1, -0.05) is 0 Å². The topological polar surface area (TPSA) is 92.6 Å². The number of hydrogen-bond acceptors (Lipinski definition) is 5. The van der Waals surface area contributed by atoms with Crippen molar-refractivity contribution in [3.8, 4) is 0 Å². The Morgan fingerprint density at radius 2 is 1.95 bits per heavy atom. The summed E-state index contributed by atoms with van der Waals surface area (Å²) in [5, 5.41) is 13.7. The number of piperazine rings is 1. The van der Waals surface area contributed by atoms with Crippen molar-refractivity contribution in [2.24, 2.45) is 0 Å². The van der Waals surface area contributed by atoms with Gasteiger partial charge in [0.05, 0.1) is 9.82 Å². The maximum atomic E-state index is 12.4. The van der Waals surface area contributed by atoms with E-state index in [0.29, 0.717) is 19.6 Å². The van der Waals surface area contributed by atoms with Crippen LogP contribution in [0.3, 0.4) is 0 Å². The molecule has 1 aromatic carbocycles. The average Bonchev–Trinajstić information content (AvgIpc) is 2.39. The van der Waals surface area contributed by atoms with E-state index in [0.717, 1.165) is 0 Å². The lowest BCUT2D eigenvalue weighted by Gasteiger charge is -2.32. The fourth-order valence-corrected chi connectivity index (χ4v) is 3.69. The highest BCUT2D eigenvalue weighted by molar-refractivity contribution is 7.89. The van der Waals surface area contributed by atoms with Crippen LogP contribution in [0.25, 0.3) is 0 Å². The van der Waals surface area contributed by atoms with E-state index in [1.165, 1.54) is 28.6 Å². The van der Waals surface area contributed by atoms with Crippen molar-refractivity contribution in [2.75, 3.05) is 19.6 Å². The number of rotatable bonds is 3. The molecule has 1 fully saturated rings. The quantitative estimate of drug-likeness (QED) is 0.662. The SMILES string of the molecule is C[C@H]1CNCCN1S(=O)(=O)c1ccc([N+](=O)[O-])cc1.Cl. The first kappa shape index (κ1) is 16.8. The fourth-order valence-electron chi connectivity index (χ4n) is 2.05. The molecule has 1 saturated heterocycles. The Labute approximate surface area is 123 Å². The van der Waals surface area contributed by atoms with Gasteiger partial charge in [0, 0.05) is 37.8 Å². The van der Waals surface area contributed by atoms with Gasteiger partial charge >= 0.3 is 0 Å². The third-order valence-corrected chi connectivity index (χ3v) is 5.12. The molecule has 0 aromatic heterocycles. The number of halogens is 1. The summed E-state index contributed by atoms with van der Waals surface area (Å²) in [6, 6.07) is 4.85. The number of nitro benzene ring substituents is 1. The number of benzene rings is 1. The van der Waals surface area contributed by atoms with E-state index in [9.17, 15) is 18.5 Å². The third-order valence-electron chi connectivity index (χ3n) is 3.09. The smallest absolute Gasteiger partial charge is 0.269 e. The van der Waals surface area contributed by atoms with Crippen LogP contribution in [0.4, 0.5) is 5.69 Å². The first-order chi connectivity index (χ1) is 8.93. The number of nitrogens with zero attached hydrogens (tertiary/aromatic N) is 2. The summed E-state index contributed by atoms with van der Waals surface area (Å²) in [4.78, 5) is 10.1.